The van der Waals surface area contributed by atoms with Crippen molar-refractivity contribution in [2.24, 2.45) is 5.73 Å². The summed E-state index contributed by atoms with van der Waals surface area (Å²) in [5.41, 5.74) is 7.14. The zero-order chi connectivity index (χ0) is 9.42. The van der Waals surface area contributed by atoms with Crippen LogP contribution in [0.25, 0.3) is 0 Å². The number of halogens is 1. The molecule has 2 unspecified atom stereocenters. The van der Waals surface area contributed by atoms with Gasteiger partial charge in [-0.1, -0.05) is 17.7 Å². The zero-order valence-corrected chi connectivity index (χ0v) is 9.03. The Morgan fingerprint density at radius 3 is 3.00 bits per heavy atom. The minimum absolute atomic E-state index is 0.230. The fourth-order valence-corrected chi connectivity index (χ4v) is 3.14. The van der Waals surface area contributed by atoms with E-state index in [1.807, 2.05) is 23.9 Å². The minimum atomic E-state index is 0.230. The van der Waals surface area contributed by atoms with Crippen molar-refractivity contribution < 1.29 is 0 Å². The largest absolute Gasteiger partial charge is 0.327 e. The van der Waals surface area contributed by atoms with Gasteiger partial charge in [-0.2, -0.15) is 0 Å². The standard InChI is InChI=1S/C10H12ClNS/c1-6(12)10-5-7-8(11)3-2-4-9(7)13-10/h2-4,6,10H,5,12H2,1H3. The lowest BCUT2D eigenvalue weighted by molar-refractivity contribution is 0.693. The first kappa shape index (κ1) is 9.38. The number of thioether (sulfide) groups is 1. The van der Waals surface area contributed by atoms with E-state index in [0.717, 1.165) is 11.4 Å². The van der Waals surface area contributed by atoms with Crippen molar-refractivity contribution in [3.8, 4) is 0 Å². The van der Waals surface area contributed by atoms with Crippen LogP contribution in [0.4, 0.5) is 0 Å². The van der Waals surface area contributed by atoms with Crippen LogP contribution in [0.5, 0.6) is 0 Å². The van der Waals surface area contributed by atoms with Crippen LogP contribution in [-0.2, 0) is 6.42 Å². The fraction of sp³-hybridized carbons (Fsp3) is 0.400. The molecule has 2 rings (SSSR count). The number of nitrogens with two attached hydrogens (primary N) is 1. The third kappa shape index (κ3) is 1.71. The number of rotatable bonds is 1. The molecule has 0 radical (unpaired) electrons. The first-order chi connectivity index (χ1) is 6.18. The highest BCUT2D eigenvalue weighted by Crippen LogP contribution is 2.41. The van der Waals surface area contributed by atoms with Crippen molar-refractivity contribution in [2.75, 3.05) is 0 Å². The van der Waals surface area contributed by atoms with Crippen LogP contribution in [-0.4, -0.2) is 11.3 Å². The molecule has 13 heavy (non-hydrogen) atoms. The fourth-order valence-electron chi connectivity index (χ4n) is 1.55. The van der Waals surface area contributed by atoms with Gasteiger partial charge < -0.3 is 5.73 Å². The number of fused-ring (bicyclic) bond motifs is 1. The van der Waals surface area contributed by atoms with E-state index in [1.54, 1.807) is 0 Å². The van der Waals surface area contributed by atoms with Crippen LogP contribution < -0.4 is 5.73 Å². The molecule has 1 aromatic carbocycles. The molecule has 1 nitrogen and oxygen atoms in total. The molecule has 0 fully saturated rings. The summed E-state index contributed by atoms with van der Waals surface area (Å²) in [5, 5.41) is 1.38. The van der Waals surface area contributed by atoms with Crippen LogP contribution >= 0.6 is 23.4 Å². The average Bonchev–Trinajstić information content (AvgIpc) is 2.49. The van der Waals surface area contributed by atoms with Gasteiger partial charge in [-0.05, 0) is 31.0 Å². The molecular weight excluding hydrogens is 202 g/mol. The van der Waals surface area contributed by atoms with E-state index in [2.05, 4.69) is 13.0 Å². The molecule has 70 valence electrons. The maximum Gasteiger partial charge on any atom is 0.0449 e. The molecular formula is C10H12ClNS. The van der Waals surface area contributed by atoms with Crippen LogP contribution in [0.2, 0.25) is 5.02 Å². The monoisotopic (exact) mass is 213 g/mol. The van der Waals surface area contributed by atoms with E-state index in [4.69, 9.17) is 17.3 Å². The van der Waals surface area contributed by atoms with Gasteiger partial charge in [0.05, 0.1) is 0 Å². The Labute approximate surface area is 87.7 Å². The third-order valence-corrected chi connectivity index (χ3v) is 4.24. The molecule has 1 aliphatic heterocycles. The summed E-state index contributed by atoms with van der Waals surface area (Å²) < 4.78 is 0. The van der Waals surface area contributed by atoms with Gasteiger partial charge in [0.2, 0.25) is 0 Å². The van der Waals surface area contributed by atoms with E-state index in [-0.39, 0.29) is 6.04 Å². The van der Waals surface area contributed by atoms with Crippen LogP contribution in [0.1, 0.15) is 12.5 Å². The first-order valence-electron chi connectivity index (χ1n) is 4.38. The molecule has 0 saturated carbocycles. The maximum atomic E-state index is 6.09. The lowest BCUT2D eigenvalue weighted by atomic mass is 10.1. The van der Waals surface area contributed by atoms with Gasteiger partial charge in [0, 0.05) is 21.2 Å². The molecule has 0 bridgehead atoms. The molecule has 2 atom stereocenters. The smallest absolute Gasteiger partial charge is 0.0449 e. The molecule has 0 amide bonds. The predicted molar refractivity (Wildman–Crippen MR) is 58.5 cm³/mol. The highest BCUT2D eigenvalue weighted by Gasteiger charge is 2.26. The number of hydrogen-bond acceptors (Lipinski definition) is 2. The molecule has 1 aromatic rings. The van der Waals surface area contributed by atoms with Gasteiger partial charge in [0.15, 0.2) is 0 Å². The molecule has 1 aliphatic rings. The predicted octanol–water partition coefficient (Wildman–Crippen LogP) is 2.70. The normalized spacial score (nSPS) is 22.8. The van der Waals surface area contributed by atoms with E-state index in [9.17, 15) is 0 Å². The van der Waals surface area contributed by atoms with Gasteiger partial charge in [-0.3, -0.25) is 0 Å². The quantitative estimate of drug-likeness (QED) is 0.777. The summed E-state index contributed by atoms with van der Waals surface area (Å²) in [5.74, 6) is 0. The van der Waals surface area contributed by atoms with Crippen LogP contribution in [0.3, 0.4) is 0 Å². The number of benzene rings is 1. The molecule has 1 heterocycles. The summed E-state index contributed by atoms with van der Waals surface area (Å²) >= 11 is 7.93. The minimum Gasteiger partial charge on any atom is -0.327 e. The van der Waals surface area contributed by atoms with Crippen LogP contribution in [0.15, 0.2) is 23.1 Å². The average molecular weight is 214 g/mol. The van der Waals surface area contributed by atoms with Crippen molar-refractivity contribution in [3.63, 3.8) is 0 Å². The second-order valence-corrected chi connectivity index (χ2v) is 5.12. The van der Waals surface area contributed by atoms with Crippen molar-refractivity contribution in [1.29, 1.82) is 0 Å². The Bertz CT molecular complexity index is 325. The Balaban J connectivity index is 2.30. The summed E-state index contributed by atoms with van der Waals surface area (Å²) in [6.45, 7) is 2.05. The van der Waals surface area contributed by atoms with Crippen molar-refractivity contribution in [3.05, 3.63) is 28.8 Å². The SMILES string of the molecule is CC(N)C1Cc2c(Cl)cccc2S1. The molecule has 0 aromatic heterocycles. The Morgan fingerprint density at radius 2 is 2.38 bits per heavy atom. The second kappa shape index (κ2) is 3.52. The van der Waals surface area contributed by atoms with Gasteiger partial charge in [0.1, 0.15) is 0 Å². The van der Waals surface area contributed by atoms with Gasteiger partial charge in [0.25, 0.3) is 0 Å². The second-order valence-electron chi connectivity index (χ2n) is 3.44. The van der Waals surface area contributed by atoms with E-state index in [0.29, 0.717) is 5.25 Å². The van der Waals surface area contributed by atoms with Crippen molar-refractivity contribution in [1.82, 2.24) is 0 Å². The molecule has 0 spiro atoms. The lowest BCUT2D eigenvalue weighted by Crippen LogP contribution is -2.28. The van der Waals surface area contributed by atoms with Crippen molar-refractivity contribution >= 4 is 23.4 Å². The summed E-state index contributed by atoms with van der Waals surface area (Å²) in [6, 6.07) is 6.30. The van der Waals surface area contributed by atoms with E-state index < -0.39 is 0 Å². The van der Waals surface area contributed by atoms with Gasteiger partial charge in [-0.15, -0.1) is 11.8 Å². The van der Waals surface area contributed by atoms with E-state index >= 15 is 0 Å². The Kier molecular flexibility index (Phi) is 2.54. The molecule has 2 N–H and O–H groups in total. The third-order valence-electron chi connectivity index (χ3n) is 2.35. The zero-order valence-electron chi connectivity index (χ0n) is 7.46. The molecule has 0 saturated heterocycles. The summed E-state index contributed by atoms with van der Waals surface area (Å²) in [6.07, 6.45) is 1.01. The Morgan fingerprint density at radius 1 is 1.62 bits per heavy atom. The maximum absolute atomic E-state index is 6.09. The molecule has 0 aliphatic carbocycles. The molecule has 3 heteroatoms. The Hall–Kier alpha value is -0.180. The first-order valence-corrected chi connectivity index (χ1v) is 5.64. The van der Waals surface area contributed by atoms with Gasteiger partial charge in [-0.25, -0.2) is 0 Å². The number of hydrogen-bond donors (Lipinski definition) is 1. The lowest BCUT2D eigenvalue weighted by Gasteiger charge is -2.11. The van der Waals surface area contributed by atoms with Crippen LogP contribution in [0, 0.1) is 0 Å². The summed E-state index contributed by atoms with van der Waals surface area (Å²) in [7, 11) is 0. The topological polar surface area (TPSA) is 26.0 Å². The highest BCUT2D eigenvalue weighted by molar-refractivity contribution is 8.00. The van der Waals surface area contributed by atoms with Crippen molar-refractivity contribution in [2.45, 2.75) is 29.5 Å². The van der Waals surface area contributed by atoms with Gasteiger partial charge >= 0.3 is 0 Å². The van der Waals surface area contributed by atoms with E-state index in [1.165, 1.54) is 10.5 Å². The highest BCUT2D eigenvalue weighted by atomic mass is 35.5. The summed E-state index contributed by atoms with van der Waals surface area (Å²) in [4.78, 5) is 1.30.